The van der Waals surface area contributed by atoms with Crippen LogP contribution in [0.2, 0.25) is 0 Å². The maximum absolute atomic E-state index is 9.05. The lowest BCUT2D eigenvalue weighted by atomic mass is 9.84. The summed E-state index contributed by atoms with van der Waals surface area (Å²) in [6.45, 7) is -0.0800. The first-order valence-electron chi connectivity index (χ1n) is 11.9. The summed E-state index contributed by atoms with van der Waals surface area (Å²) < 4.78 is 34.9. The molecular formula is C26H30N+. The molecular weight excluding hydrogens is 326 g/mol. The number of hydrogen-bond donors (Lipinski definition) is 0. The molecule has 0 radical (unpaired) electrons. The molecule has 27 heavy (non-hydrogen) atoms. The van der Waals surface area contributed by atoms with Crippen LogP contribution in [-0.4, -0.2) is 0 Å². The molecule has 1 heterocycles. The molecule has 1 nitrogen and oxygen atoms in total. The highest BCUT2D eigenvalue weighted by atomic mass is 14.9. The van der Waals surface area contributed by atoms with E-state index in [1.807, 2.05) is 25.2 Å². The van der Waals surface area contributed by atoms with E-state index in [1.165, 1.54) is 6.42 Å². The molecule has 138 valence electrons. The van der Waals surface area contributed by atoms with Gasteiger partial charge < -0.3 is 0 Å². The van der Waals surface area contributed by atoms with Crippen molar-refractivity contribution in [3.05, 3.63) is 77.5 Å². The Morgan fingerprint density at radius 3 is 2.56 bits per heavy atom. The van der Waals surface area contributed by atoms with Gasteiger partial charge in [-0.1, -0.05) is 55.7 Å². The SMILES string of the molecule is [2H]C([2H])([2H])c1ccccc1-c1ccc(C)c(-c2cc(C3([2H])CCCCC3)cc[n+]2C)c1. The van der Waals surface area contributed by atoms with Crippen molar-refractivity contribution in [2.45, 2.75) is 51.8 Å². The van der Waals surface area contributed by atoms with E-state index in [0.717, 1.165) is 59.2 Å². The van der Waals surface area contributed by atoms with Crippen LogP contribution in [0.5, 0.6) is 0 Å². The van der Waals surface area contributed by atoms with Crippen molar-refractivity contribution in [1.29, 1.82) is 0 Å². The van der Waals surface area contributed by atoms with Crippen molar-refractivity contribution in [3.63, 3.8) is 0 Å². The van der Waals surface area contributed by atoms with E-state index in [9.17, 15) is 0 Å². The summed E-state index contributed by atoms with van der Waals surface area (Å²) in [4.78, 5) is 0. The zero-order valence-corrected chi connectivity index (χ0v) is 16.3. The minimum Gasteiger partial charge on any atom is -0.201 e. The molecule has 1 aliphatic carbocycles. The Balaban J connectivity index is 1.83. The van der Waals surface area contributed by atoms with Gasteiger partial charge in [-0.3, -0.25) is 0 Å². The molecule has 0 amide bonds. The van der Waals surface area contributed by atoms with Gasteiger partial charge in [-0.25, -0.2) is 4.57 Å². The fraction of sp³-hybridized carbons (Fsp3) is 0.346. The molecule has 0 saturated heterocycles. The molecule has 0 unspecified atom stereocenters. The number of aryl methyl sites for hydroxylation is 3. The monoisotopic (exact) mass is 360 g/mol. The standard InChI is InChI=1S/C26H30N/c1-19-9-7-8-12-24(19)23-14-13-20(2)25(17-23)26-18-22(15-16-27(26)3)21-10-5-4-6-11-21/h7-9,12-18,21H,4-6,10-11H2,1-3H3/q+1/i1D3,21D. The zero-order valence-electron chi connectivity index (χ0n) is 20.3. The molecule has 0 atom stereocenters. The molecule has 0 spiro atoms. The van der Waals surface area contributed by atoms with Crippen LogP contribution in [0, 0.1) is 13.8 Å². The van der Waals surface area contributed by atoms with Gasteiger partial charge in [-0.15, -0.1) is 0 Å². The summed E-state index contributed by atoms with van der Waals surface area (Å²) in [5.74, 6) is -0.513. The maximum Gasteiger partial charge on any atom is 0.212 e. The molecule has 3 aromatic rings. The number of nitrogens with zero attached hydrogens (tertiary/aromatic N) is 1. The molecule has 1 aromatic heterocycles. The molecule has 1 aliphatic rings. The summed E-state index contributed by atoms with van der Waals surface area (Å²) in [6, 6.07) is 17.6. The summed E-state index contributed by atoms with van der Waals surface area (Å²) in [7, 11) is 2.03. The third kappa shape index (κ3) is 3.69. The topological polar surface area (TPSA) is 3.88 Å². The van der Waals surface area contributed by atoms with Crippen LogP contribution in [0.15, 0.2) is 60.8 Å². The number of benzene rings is 2. The van der Waals surface area contributed by atoms with E-state index in [1.54, 1.807) is 12.1 Å². The lowest BCUT2D eigenvalue weighted by Crippen LogP contribution is -2.31. The Bertz CT molecular complexity index is 1090. The molecule has 1 fully saturated rings. The Morgan fingerprint density at radius 1 is 0.926 bits per heavy atom. The first kappa shape index (κ1) is 13.7. The fourth-order valence-corrected chi connectivity index (χ4v) is 4.12. The van der Waals surface area contributed by atoms with Crippen LogP contribution in [0.4, 0.5) is 0 Å². The van der Waals surface area contributed by atoms with Crippen molar-refractivity contribution < 1.29 is 10.1 Å². The van der Waals surface area contributed by atoms with Crippen LogP contribution in [-0.2, 0) is 7.05 Å². The normalized spacial score (nSPS) is 18.9. The van der Waals surface area contributed by atoms with Crippen molar-refractivity contribution >= 4 is 0 Å². The third-order valence-electron chi connectivity index (χ3n) is 5.77. The third-order valence-corrected chi connectivity index (χ3v) is 5.77. The predicted molar refractivity (Wildman–Crippen MR) is 114 cm³/mol. The molecule has 4 rings (SSSR count). The highest BCUT2D eigenvalue weighted by Gasteiger charge is 2.20. The van der Waals surface area contributed by atoms with Gasteiger partial charge >= 0.3 is 0 Å². The predicted octanol–water partition coefficient (Wildman–Crippen LogP) is 6.51. The van der Waals surface area contributed by atoms with Gasteiger partial charge in [0.25, 0.3) is 0 Å². The van der Waals surface area contributed by atoms with Crippen molar-refractivity contribution in [2.75, 3.05) is 0 Å². The highest BCUT2D eigenvalue weighted by molar-refractivity contribution is 5.74. The average molecular weight is 361 g/mol. The Labute approximate surface area is 169 Å². The molecule has 2 aromatic carbocycles. The maximum atomic E-state index is 9.05. The van der Waals surface area contributed by atoms with Gasteiger partial charge in [0.15, 0.2) is 6.20 Å². The highest BCUT2D eigenvalue weighted by Crippen LogP contribution is 2.35. The van der Waals surface area contributed by atoms with Crippen LogP contribution in [0.25, 0.3) is 22.4 Å². The number of pyridine rings is 1. The van der Waals surface area contributed by atoms with Gasteiger partial charge in [-0.05, 0) is 66.4 Å². The van der Waals surface area contributed by atoms with Crippen LogP contribution >= 0.6 is 0 Å². The van der Waals surface area contributed by atoms with Gasteiger partial charge in [0.05, 0.1) is 0 Å². The Kier molecular flexibility index (Phi) is 3.90. The average Bonchev–Trinajstić information content (AvgIpc) is 2.74. The molecule has 0 bridgehead atoms. The number of aromatic nitrogens is 1. The number of rotatable bonds is 3. The Hall–Kier alpha value is -2.41. The second kappa shape index (κ2) is 7.68. The van der Waals surface area contributed by atoms with Crippen molar-refractivity contribution in [1.82, 2.24) is 0 Å². The summed E-state index contributed by atoms with van der Waals surface area (Å²) in [5.41, 5.74) is 6.35. The summed E-state index contributed by atoms with van der Waals surface area (Å²) >= 11 is 0. The van der Waals surface area contributed by atoms with Crippen molar-refractivity contribution in [2.24, 2.45) is 7.05 Å². The van der Waals surface area contributed by atoms with E-state index in [0.29, 0.717) is 5.56 Å². The van der Waals surface area contributed by atoms with E-state index >= 15 is 0 Å². The molecule has 1 saturated carbocycles. The van der Waals surface area contributed by atoms with E-state index in [4.69, 9.17) is 5.48 Å². The second-order valence-electron chi connectivity index (χ2n) is 7.65. The van der Waals surface area contributed by atoms with Gasteiger partial charge in [-0.2, -0.15) is 0 Å². The van der Waals surface area contributed by atoms with Crippen molar-refractivity contribution in [3.8, 4) is 22.4 Å². The molecule has 1 heteroatoms. The van der Waals surface area contributed by atoms with Crippen LogP contribution in [0.3, 0.4) is 0 Å². The summed E-state index contributed by atoms with van der Waals surface area (Å²) in [5, 5.41) is 0. The second-order valence-corrected chi connectivity index (χ2v) is 7.65. The quantitative estimate of drug-likeness (QED) is 0.469. The number of hydrogen-bond acceptors (Lipinski definition) is 0. The lowest BCUT2D eigenvalue weighted by Gasteiger charge is -2.22. The van der Waals surface area contributed by atoms with Gasteiger partial charge in [0.2, 0.25) is 5.69 Å². The Morgan fingerprint density at radius 2 is 1.74 bits per heavy atom. The van der Waals surface area contributed by atoms with Crippen LogP contribution < -0.4 is 4.57 Å². The summed E-state index contributed by atoms with van der Waals surface area (Å²) in [6.07, 6.45) is 7.31. The molecule has 0 N–H and O–H groups in total. The van der Waals surface area contributed by atoms with Gasteiger partial charge in [0.1, 0.15) is 7.05 Å². The largest absolute Gasteiger partial charge is 0.212 e. The zero-order chi connectivity index (χ0) is 22.2. The smallest absolute Gasteiger partial charge is 0.201 e. The minimum absolute atomic E-state index is 0.371. The first-order chi connectivity index (χ1) is 14.7. The van der Waals surface area contributed by atoms with E-state index in [2.05, 4.69) is 42.0 Å². The first-order valence-corrected chi connectivity index (χ1v) is 9.90. The molecule has 0 aliphatic heterocycles. The lowest BCUT2D eigenvalue weighted by molar-refractivity contribution is -0.660. The van der Waals surface area contributed by atoms with E-state index < -0.39 is 12.7 Å². The van der Waals surface area contributed by atoms with Crippen LogP contribution in [0.1, 0.15) is 60.2 Å². The van der Waals surface area contributed by atoms with Gasteiger partial charge in [0, 0.05) is 23.2 Å². The minimum atomic E-state index is -2.16. The fourth-order valence-electron chi connectivity index (χ4n) is 4.12. The van der Waals surface area contributed by atoms with E-state index in [-0.39, 0.29) is 0 Å².